The van der Waals surface area contributed by atoms with Crippen molar-refractivity contribution in [2.24, 2.45) is 0 Å². The predicted molar refractivity (Wildman–Crippen MR) is 85.0 cm³/mol. The predicted octanol–water partition coefficient (Wildman–Crippen LogP) is 3.90. The molecule has 0 aliphatic heterocycles. The summed E-state index contributed by atoms with van der Waals surface area (Å²) in [6.07, 6.45) is 1.29. The Labute approximate surface area is 134 Å². The zero-order valence-corrected chi connectivity index (χ0v) is 13.9. The molecule has 114 valence electrons. The molecule has 0 saturated carbocycles. The molecule has 0 spiro atoms. The molecule has 0 saturated heterocycles. The van der Waals surface area contributed by atoms with E-state index in [1.54, 1.807) is 6.07 Å². The summed E-state index contributed by atoms with van der Waals surface area (Å²) >= 11 is 11.9. The second-order valence-electron chi connectivity index (χ2n) is 5.96. The average Bonchev–Trinajstić information content (AvgIpc) is 2.80. The molecule has 0 radical (unpaired) electrons. The SMILES string of the molecule is CC(C)(C)NCCc1nc(Cc2ccc(Cl)c(Cl)c2)no1. The molecule has 0 fully saturated rings. The maximum atomic E-state index is 5.99. The van der Waals surface area contributed by atoms with Crippen LogP contribution in [0.5, 0.6) is 0 Å². The minimum absolute atomic E-state index is 0.0862. The summed E-state index contributed by atoms with van der Waals surface area (Å²) in [7, 11) is 0. The van der Waals surface area contributed by atoms with Gasteiger partial charge in [0.05, 0.1) is 10.0 Å². The van der Waals surface area contributed by atoms with E-state index >= 15 is 0 Å². The number of halogens is 2. The topological polar surface area (TPSA) is 51.0 Å². The van der Waals surface area contributed by atoms with Crippen LogP contribution in [0.4, 0.5) is 0 Å². The van der Waals surface area contributed by atoms with Gasteiger partial charge in [0.1, 0.15) is 0 Å². The van der Waals surface area contributed by atoms with Crippen LogP contribution >= 0.6 is 23.2 Å². The second-order valence-corrected chi connectivity index (χ2v) is 6.77. The fourth-order valence-electron chi connectivity index (χ4n) is 1.84. The highest BCUT2D eigenvalue weighted by atomic mass is 35.5. The van der Waals surface area contributed by atoms with E-state index in [4.69, 9.17) is 27.7 Å². The molecular weight excluding hydrogens is 309 g/mol. The van der Waals surface area contributed by atoms with Crippen LogP contribution in [0.15, 0.2) is 22.7 Å². The van der Waals surface area contributed by atoms with E-state index in [2.05, 4.69) is 36.2 Å². The normalized spacial score (nSPS) is 11.9. The monoisotopic (exact) mass is 327 g/mol. The van der Waals surface area contributed by atoms with Gasteiger partial charge in [-0.05, 0) is 38.5 Å². The summed E-state index contributed by atoms with van der Waals surface area (Å²) < 4.78 is 5.25. The quantitative estimate of drug-likeness (QED) is 0.904. The van der Waals surface area contributed by atoms with Crippen LogP contribution in [0.3, 0.4) is 0 Å². The van der Waals surface area contributed by atoms with Crippen molar-refractivity contribution in [3.8, 4) is 0 Å². The lowest BCUT2D eigenvalue weighted by Crippen LogP contribution is -2.37. The second kappa shape index (κ2) is 6.77. The van der Waals surface area contributed by atoms with Crippen LogP contribution in [0, 0.1) is 0 Å². The van der Waals surface area contributed by atoms with Crippen molar-refractivity contribution < 1.29 is 4.52 Å². The van der Waals surface area contributed by atoms with Gasteiger partial charge in [-0.2, -0.15) is 4.98 Å². The van der Waals surface area contributed by atoms with Crippen molar-refractivity contribution in [1.82, 2.24) is 15.5 Å². The highest BCUT2D eigenvalue weighted by Crippen LogP contribution is 2.23. The number of hydrogen-bond acceptors (Lipinski definition) is 4. The van der Waals surface area contributed by atoms with Crippen molar-refractivity contribution in [3.05, 3.63) is 45.5 Å². The number of benzene rings is 1. The lowest BCUT2D eigenvalue weighted by molar-refractivity contribution is 0.359. The Balaban J connectivity index is 1.92. The molecule has 0 amide bonds. The van der Waals surface area contributed by atoms with Gasteiger partial charge in [0.25, 0.3) is 0 Å². The van der Waals surface area contributed by atoms with Gasteiger partial charge in [-0.3, -0.25) is 0 Å². The van der Waals surface area contributed by atoms with E-state index in [1.165, 1.54) is 0 Å². The van der Waals surface area contributed by atoms with Gasteiger partial charge in [-0.1, -0.05) is 34.4 Å². The van der Waals surface area contributed by atoms with Gasteiger partial charge >= 0.3 is 0 Å². The average molecular weight is 328 g/mol. The Morgan fingerprint density at radius 2 is 1.95 bits per heavy atom. The van der Waals surface area contributed by atoms with E-state index in [9.17, 15) is 0 Å². The molecule has 0 bridgehead atoms. The maximum absolute atomic E-state index is 5.99. The van der Waals surface area contributed by atoms with Gasteiger partial charge in [0, 0.05) is 24.9 Å². The fraction of sp³-hybridized carbons (Fsp3) is 0.467. The molecule has 6 heteroatoms. The van der Waals surface area contributed by atoms with Crippen LogP contribution in [-0.2, 0) is 12.8 Å². The van der Waals surface area contributed by atoms with Crippen molar-refractivity contribution in [3.63, 3.8) is 0 Å². The van der Waals surface area contributed by atoms with Gasteiger partial charge in [-0.25, -0.2) is 0 Å². The number of nitrogens with one attached hydrogen (secondary N) is 1. The van der Waals surface area contributed by atoms with Crippen molar-refractivity contribution in [2.45, 2.75) is 39.2 Å². The standard InChI is InChI=1S/C15H19Cl2N3O/c1-15(2,3)18-7-6-14-19-13(20-21-14)9-10-4-5-11(16)12(17)8-10/h4-5,8,18H,6-7,9H2,1-3H3. The lowest BCUT2D eigenvalue weighted by Gasteiger charge is -2.19. The smallest absolute Gasteiger partial charge is 0.227 e. The van der Waals surface area contributed by atoms with Crippen LogP contribution < -0.4 is 5.32 Å². The minimum atomic E-state index is 0.0862. The number of nitrogens with zero attached hydrogens (tertiary/aromatic N) is 2. The molecular formula is C15H19Cl2N3O. The molecule has 21 heavy (non-hydrogen) atoms. The van der Waals surface area contributed by atoms with E-state index in [-0.39, 0.29) is 5.54 Å². The molecule has 1 heterocycles. The molecule has 0 atom stereocenters. The Hall–Kier alpha value is -1.10. The van der Waals surface area contributed by atoms with E-state index in [1.807, 2.05) is 12.1 Å². The van der Waals surface area contributed by atoms with Crippen LogP contribution in [-0.4, -0.2) is 22.2 Å². The Bertz CT molecular complexity index is 605. The Morgan fingerprint density at radius 1 is 1.19 bits per heavy atom. The largest absolute Gasteiger partial charge is 0.339 e. The Morgan fingerprint density at radius 3 is 2.62 bits per heavy atom. The summed E-state index contributed by atoms with van der Waals surface area (Å²) in [6, 6.07) is 5.50. The summed E-state index contributed by atoms with van der Waals surface area (Å²) in [5.74, 6) is 1.29. The van der Waals surface area contributed by atoms with Gasteiger partial charge < -0.3 is 9.84 Å². The van der Waals surface area contributed by atoms with Gasteiger partial charge in [0.15, 0.2) is 5.82 Å². The fourth-order valence-corrected chi connectivity index (χ4v) is 2.16. The zero-order chi connectivity index (χ0) is 15.5. The maximum Gasteiger partial charge on any atom is 0.227 e. The first-order valence-electron chi connectivity index (χ1n) is 6.84. The molecule has 1 N–H and O–H groups in total. The number of hydrogen-bond donors (Lipinski definition) is 1. The third kappa shape index (κ3) is 5.30. The highest BCUT2D eigenvalue weighted by molar-refractivity contribution is 6.42. The first-order chi connectivity index (χ1) is 9.83. The van der Waals surface area contributed by atoms with E-state index in [0.717, 1.165) is 12.1 Å². The summed E-state index contributed by atoms with van der Waals surface area (Å²) in [6.45, 7) is 7.17. The van der Waals surface area contributed by atoms with Gasteiger partial charge in [0.2, 0.25) is 5.89 Å². The van der Waals surface area contributed by atoms with Crippen molar-refractivity contribution >= 4 is 23.2 Å². The van der Waals surface area contributed by atoms with Crippen molar-refractivity contribution in [1.29, 1.82) is 0 Å². The van der Waals surface area contributed by atoms with Crippen LogP contribution in [0.25, 0.3) is 0 Å². The Kier molecular flexibility index (Phi) is 5.25. The minimum Gasteiger partial charge on any atom is -0.339 e. The van der Waals surface area contributed by atoms with Crippen molar-refractivity contribution in [2.75, 3.05) is 6.54 Å². The molecule has 0 aliphatic carbocycles. The third-order valence-corrected chi connectivity index (χ3v) is 3.59. The van der Waals surface area contributed by atoms with Crippen LogP contribution in [0.2, 0.25) is 10.0 Å². The molecule has 2 aromatic rings. The van der Waals surface area contributed by atoms with E-state index < -0.39 is 0 Å². The first kappa shape index (κ1) is 16.3. The first-order valence-corrected chi connectivity index (χ1v) is 7.59. The molecule has 0 aliphatic rings. The third-order valence-electron chi connectivity index (χ3n) is 2.85. The van der Waals surface area contributed by atoms with Gasteiger partial charge in [-0.15, -0.1) is 0 Å². The molecule has 1 aromatic heterocycles. The summed E-state index contributed by atoms with van der Waals surface area (Å²) in [5, 5.41) is 8.45. The molecule has 1 aromatic carbocycles. The molecule has 4 nitrogen and oxygen atoms in total. The summed E-state index contributed by atoms with van der Waals surface area (Å²) in [5.41, 5.74) is 1.09. The lowest BCUT2D eigenvalue weighted by atomic mass is 10.1. The molecule has 0 unspecified atom stereocenters. The molecule has 2 rings (SSSR count). The number of aromatic nitrogens is 2. The number of rotatable bonds is 5. The highest BCUT2D eigenvalue weighted by Gasteiger charge is 2.11. The van der Waals surface area contributed by atoms with Crippen LogP contribution in [0.1, 0.15) is 38.0 Å². The summed E-state index contributed by atoms with van der Waals surface area (Å²) in [4.78, 5) is 4.38. The van der Waals surface area contributed by atoms with E-state index in [0.29, 0.717) is 34.6 Å². The zero-order valence-electron chi connectivity index (χ0n) is 12.4.